The molecule has 0 radical (unpaired) electrons. The Kier molecular flexibility index (Phi) is 4.09. The molecule has 28 heavy (non-hydrogen) atoms. The number of rotatable bonds is 3. The first-order valence-electron chi connectivity index (χ1n) is 9.51. The average Bonchev–Trinajstić information content (AvgIpc) is 3.29. The third kappa shape index (κ3) is 2.76. The minimum absolute atomic E-state index is 0.0157. The SMILES string of the molecule is O=C(Nc1ccccc1Cl)C1CC(=O)N(c2ccc3c4c(cccc24)CC3)C1. The zero-order valence-electron chi connectivity index (χ0n) is 15.2. The fraction of sp³-hybridized carbons (Fsp3) is 0.217. The van der Waals surface area contributed by atoms with E-state index in [9.17, 15) is 9.59 Å². The highest BCUT2D eigenvalue weighted by Crippen LogP contribution is 2.38. The Bertz CT molecular complexity index is 1110. The van der Waals surface area contributed by atoms with Crippen molar-refractivity contribution in [1.29, 1.82) is 0 Å². The van der Waals surface area contributed by atoms with Crippen molar-refractivity contribution in [2.45, 2.75) is 19.3 Å². The maximum Gasteiger partial charge on any atom is 0.229 e. The topological polar surface area (TPSA) is 49.4 Å². The molecule has 5 rings (SSSR count). The Morgan fingerprint density at radius 2 is 1.79 bits per heavy atom. The van der Waals surface area contributed by atoms with Gasteiger partial charge in [-0.25, -0.2) is 0 Å². The summed E-state index contributed by atoms with van der Waals surface area (Å²) < 4.78 is 0. The van der Waals surface area contributed by atoms with Crippen LogP contribution < -0.4 is 10.2 Å². The molecule has 1 aliphatic heterocycles. The molecule has 0 bridgehead atoms. The fourth-order valence-electron chi connectivity index (χ4n) is 4.38. The van der Waals surface area contributed by atoms with Crippen LogP contribution in [0.1, 0.15) is 17.5 Å². The van der Waals surface area contributed by atoms with E-state index in [1.54, 1.807) is 17.0 Å². The molecule has 1 fully saturated rings. The van der Waals surface area contributed by atoms with Crippen LogP contribution in [-0.4, -0.2) is 18.4 Å². The second-order valence-electron chi connectivity index (χ2n) is 7.46. The summed E-state index contributed by atoms with van der Waals surface area (Å²) >= 11 is 6.14. The molecule has 3 aromatic carbocycles. The third-order valence-corrected chi connectivity index (χ3v) is 6.10. The van der Waals surface area contributed by atoms with Crippen LogP contribution in [0.25, 0.3) is 10.8 Å². The number of carbonyl (C=O) groups excluding carboxylic acids is 2. The van der Waals surface area contributed by atoms with Crippen LogP contribution in [0.15, 0.2) is 54.6 Å². The van der Waals surface area contributed by atoms with Crippen LogP contribution in [-0.2, 0) is 22.4 Å². The molecule has 1 heterocycles. The molecule has 1 N–H and O–H groups in total. The predicted octanol–water partition coefficient (Wildman–Crippen LogP) is 4.58. The number of hydrogen-bond acceptors (Lipinski definition) is 2. The normalized spacial score (nSPS) is 18.1. The highest BCUT2D eigenvalue weighted by molar-refractivity contribution is 6.33. The molecule has 1 saturated heterocycles. The van der Waals surface area contributed by atoms with Gasteiger partial charge in [0.2, 0.25) is 11.8 Å². The maximum absolute atomic E-state index is 12.8. The lowest BCUT2D eigenvalue weighted by molar-refractivity contribution is -0.122. The zero-order valence-corrected chi connectivity index (χ0v) is 16.0. The summed E-state index contributed by atoms with van der Waals surface area (Å²) in [5.74, 6) is -0.584. The number of carbonyl (C=O) groups is 2. The first-order chi connectivity index (χ1) is 13.6. The monoisotopic (exact) mass is 390 g/mol. The number of anilines is 2. The smallest absolute Gasteiger partial charge is 0.229 e. The van der Waals surface area contributed by atoms with Gasteiger partial charge in [0.1, 0.15) is 0 Å². The quantitative estimate of drug-likeness (QED) is 0.711. The Labute approximate surface area is 168 Å². The third-order valence-electron chi connectivity index (χ3n) is 5.77. The Morgan fingerprint density at radius 1 is 1.00 bits per heavy atom. The number of nitrogens with zero attached hydrogens (tertiary/aromatic N) is 1. The van der Waals surface area contributed by atoms with E-state index in [-0.39, 0.29) is 18.2 Å². The molecule has 0 saturated carbocycles. The van der Waals surface area contributed by atoms with Gasteiger partial charge in [0, 0.05) is 18.4 Å². The maximum atomic E-state index is 12.8. The van der Waals surface area contributed by atoms with Gasteiger partial charge in [0.15, 0.2) is 0 Å². The van der Waals surface area contributed by atoms with Crippen molar-refractivity contribution < 1.29 is 9.59 Å². The van der Waals surface area contributed by atoms with Crippen molar-refractivity contribution in [3.05, 3.63) is 70.7 Å². The number of amides is 2. The molecule has 4 nitrogen and oxygen atoms in total. The van der Waals surface area contributed by atoms with E-state index in [0.717, 1.165) is 23.9 Å². The van der Waals surface area contributed by atoms with Crippen LogP contribution in [0.2, 0.25) is 5.02 Å². The minimum Gasteiger partial charge on any atom is -0.324 e. The molecule has 1 atom stereocenters. The zero-order chi connectivity index (χ0) is 19.3. The summed E-state index contributed by atoms with van der Waals surface area (Å²) in [5.41, 5.74) is 4.16. The summed E-state index contributed by atoms with van der Waals surface area (Å²) in [6.45, 7) is 0.383. The highest BCUT2D eigenvalue weighted by atomic mass is 35.5. The fourth-order valence-corrected chi connectivity index (χ4v) is 4.56. The van der Waals surface area contributed by atoms with Gasteiger partial charge >= 0.3 is 0 Å². The molecule has 5 heteroatoms. The summed E-state index contributed by atoms with van der Waals surface area (Å²) in [5, 5.41) is 5.73. The van der Waals surface area contributed by atoms with Gasteiger partial charge < -0.3 is 10.2 Å². The second-order valence-corrected chi connectivity index (χ2v) is 7.87. The number of nitrogens with one attached hydrogen (secondary N) is 1. The summed E-state index contributed by atoms with van der Waals surface area (Å²) in [7, 11) is 0. The molecule has 1 aliphatic carbocycles. The van der Waals surface area contributed by atoms with Gasteiger partial charge in [-0.05, 0) is 47.6 Å². The van der Waals surface area contributed by atoms with E-state index in [2.05, 4.69) is 29.6 Å². The number of benzene rings is 3. The van der Waals surface area contributed by atoms with Crippen LogP contribution in [0.5, 0.6) is 0 Å². The van der Waals surface area contributed by atoms with Gasteiger partial charge in [0.25, 0.3) is 0 Å². The number of halogens is 1. The Balaban J connectivity index is 1.43. The van der Waals surface area contributed by atoms with E-state index in [0.29, 0.717) is 17.3 Å². The molecule has 2 amide bonds. The Hall–Kier alpha value is -2.85. The van der Waals surface area contributed by atoms with E-state index in [1.807, 2.05) is 18.2 Å². The molecule has 140 valence electrons. The van der Waals surface area contributed by atoms with Crippen molar-refractivity contribution in [1.82, 2.24) is 0 Å². The molecule has 3 aromatic rings. The summed E-state index contributed by atoms with van der Waals surface area (Å²) in [6.07, 6.45) is 2.30. The van der Waals surface area contributed by atoms with Crippen LogP contribution in [0.4, 0.5) is 11.4 Å². The Morgan fingerprint density at radius 3 is 2.61 bits per heavy atom. The summed E-state index contributed by atoms with van der Waals surface area (Å²) in [4.78, 5) is 27.2. The largest absolute Gasteiger partial charge is 0.324 e. The van der Waals surface area contributed by atoms with Crippen molar-refractivity contribution >= 4 is 45.6 Å². The first-order valence-corrected chi connectivity index (χ1v) is 9.89. The second kappa shape index (κ2) is 6.64. The lowest BCUT2D eigenvalue weighted by atomic mass is 10.0. The molecule has 0 aromatic heterocycles. The van der Waals surface area contributed by atoms with Gasteiger partial charge in [-0.1, -0.05) is 48.0 Å². The minimum atomic E-state index is -0.396. The molecule has 1 unspecified atom stereocenters. The van der Waals surface area contributed by atoms with E-state index < -0.39 is 5.92 Å². The highest BCUT2D eigenvalue weighted by Gasteiger charge is 2.36. The molecular formula is C23H19ClN2O2. The van der Waals surface area contributed by atoms with E-state index >= 15 is 0 Å². The van der Waals surface area contributed by atoms with E-state index in [4.69, 9.17) is 11.6 Å². The van der Waals surface area contributed by atoms with Gasteiger partial charge in [0.05, 0.1) is 22.3 Å². The van der Waals surface area contributed by atoms with Crippen molar-refractivity contribution in [3.63, 3.8) is 0 Å². The van der Waals surface area contributed by atoms with Crippen molar-refractivity contribution in [3.8, 4) is 0 Å². The summed E-state index contributed by atoms with van der Waals surface area (Å²) in [6, 6.07) is 17.6. The standard InChI is InChI=1S/C23H19ClN2O2/c24-18-6-1-2-7-19(18)25-23(28)16-12-21(27)26(13-16)20-11-10-15-9-8-14-4-3-5-17(20)22(14)15/h1-7,10-11,16H,8-9,12-13H2,(H,25,28). The predicted molar refractivity (Wildman–Crippen MR) is 112 cm³/mol. The number of hydrogen-bond donors (Lipinski definition) is 1. The lowest BCUT2D eigenvalue weighted by Crippen LogP contribution is -2.28. The van der Waals surface area contributed by atoms with Gasteiger partial charge in [-0.15, -0.1) is 0 Å². The van der Waals surface area contributed by atoms with E-state index in [1.165, 1.54) is 16.5 Å². The lowest BCUT2D eigenvalue weighted by Gasteiger charge is -2.20. The van der Waals surface area contributed by atoms with Crippen LogP contribution >= 0.6 is 11.6 Å². The first kappa shape index (κ1) is 17.3. The molecular weight excluding hydrogens is 372 g/mol. The molecule has 2 aliphatic rings. The average molecular weight is 391 g/mol. The number of para-hydroxylation sites is 1. The van der Waals surface area contributed by atoms with Crippen molar-refractivity contribution in [2.75, 3.05) is 16.8 Å². The number of aryl methyl sites for hydroxylation is 2. The van der Waals surface area contributed by atoms with Crippen molar-refractivity contribution in [2.24, 2.45) is 5.92 Å². The van der Waals surface area contributed by atoms with Crippen LogP contribution in [0, 0.1) is 5.92 Å². The molecule has 0 spiro atoms. The van der Waals surface area contributed by atoms with Gasteiger partial charge in [-0.3, -0.25) is 9.59 Å². The van der Waals surface area contributed by atoms with Gasteiger partial charge in [-0.2, -0.15) is 0 Å². The van der Waals surface area contributed by atoms with Crippen LogP contribution in [0.3, 0.4) is 0 Å².